The van der Waals surface area contributed by atoms with E-state index in [2.05, 4.69) is 87.5 Å². The second kappa shape index (κ2) is 14.3. The summed E-state index contributed by atoms with van der Waals surface area (Å²) in [7, 11) is 0. The molecule has 2 fully saturated rings. The number of hydrogen-bond donors (Lipinski definition) is 0. The molecule has 0 saturated carbocycles. The highest BCUT2D eigenvalue weighted by atomic mass is 16.8. The third kappa shape index (κ3) is 6.97. The van der Waals surface area contributed by atoms with Crippen LogP contribution in [0.25, 0.3) is 5.69 Å². The molecule has 2 aliphatic rings. The fraction of sp³-hybridized carbons (Fsp3) is 0.405. The summed E-state index contributed by atoms with van der Waals surface area (Å²) in [5.41, 5.74) is 5.23. The number of benzene rings is 3. The van der Waals surface area contributed by atoms with Gasteiger partial charge in [0, 0.05) is 43.1 Å². The van der Waals surface area contributed by atoms with Crippen molar-refractivity contribution in [3.05, 3.63) is 113 Å². The van der Waals surface area contributed by atoms with Gasteiger partial charge in [-0.15, -0.1) is 0 Å². The van der Waals surface area contributed by atoms with Crippen LogP contribution in [0.4, 0.5) is 11.4 Å². The van der Waals surface area contributed by atoms with E-state index in [1.54, 1.807) is 32.8 Å². The lowest BCUT2D eigenvalue weighted by atomic mass is 10.0. The van der Waals surface area contributed by atoms with E-state index in [9.17, 15) is 4.79 Å². The molecule has 12 nitrogen and oxygen atoms in total. The topological polar surface area (TPSA) is 105 Å². The van der Waals surface area contributed by atoms with Crippen LogP contribution >= 0.6 is 0 Å². The van der Waals surface area contributed by atoms with Crippen molar-refractivity contribution >= 4 is 11.4 Å². The molecule has 256 valence electrons. The highest BCUT2D eigenvalue weighted by molar-refractivity contribution is 5.54. The van der Waals surface area contributed by atoms with Gasteiger partial charge in [0.05, 0.1) is 30.7 Å². The van der Waals surface area contributed by atoms with Crippen LogP contribution in [0.1, 0.15) is 44.4 Å². The lowest BCUT2D eigenvalue weighted by Crippen LogP contribution is -2.46. The number of anilines is 2. The minimum atomic E-state index is -0.982. The molecule has 5 aromatic rings. The molecule has 3 unspecified atom stereocenters. The average Bonchev–Trinajstić information content (AvgIpc) is 3.92. The van der Waals surface area contributed by atoms with E-state index in [0.29, 0.717) is 19.8 Å². The van der Waals surface area contributed by atoms with E-state index in [1.165, 1.54) is 11.3 Å². The fourth-order valence-corrected chi connectivity index (χ4v) is 6.44. The standard InChI is InChI=1S/C37H44N8O4/c1-4-28(3)45-36(46)43(27-40-45)33-12-10-31(11-13-33)41-20-22-42(23-21-41)32-14-16-34(17-15-32)47-24-35-25-48-37(49-35,26-44-38-18-19-39-44)30-8-6-29(5-2)7-9-30/h6-19,27-28,35H,4-5,20-26H2,1-3H3. The van der Waals surface area contributed by atoms with E-state index in [1.807, 2.05) is 31.2 Å². The van der Waals surface area contributed by atoms with Crippen LogP contribution in [0, 0.1) is 0 Å². The first kappa shape index (κ1) is 32.6. The molecule has 0 bridgehead atoms. The van der Waals surface area contributed by atoms with Crippen LogP contribution in [0.15, 0.2) is 96.3 Å². The number of aromatic nitrogens is 6. The van der Waals surface area contributed by atoms with Gasteiger partial charge in [-0.05, 0) is 73.9 Å². The Labute approximate surface area is 286 Å². The smallest absolute Gasteiger partial charge is 0.350 e. The van der Waals surface area contributed by atoms with Crippen LogP contribution in [-0.2, 0) is 28.2 Å². The average molecular weight is 665 g/mol. The number of rotatable bonds is 12. The first-order valence-electron chi connectivity index (χ1n) is 17.2. The Morgan fingerprint density at radius 2 is 1.45 bits per heavy atom. The maximum absolute atomic E-state index is 12.8. The molecule has 49 heavy (non-hydrogen) atoms. The SMILES string of the molecule is CCc1ccc(C2(Cn3nccn3)OCC(COc3ccc(N4CCN(c5ccc(-n6cnn(C(C)CC)c6=O)cc5)CC4)cc3)O2)cc1. The van der Waals surface area contributed by atoms with Crippen molar-refractivity contribution in [2.75, 3.05) is 49.2 Å². The molecule has 2 aliphatic heterocycles. The van der Waals surface area contributed by atoms with Gasteiger partial charge < -0.3 is 24.0 Å². The number of piperazine rings is 1. The first-order valence-corrected chi connectivity index (χ1v) is 17.2. The lowest BCUT2D eigenvalue weighted by molar-refractivity contribution is -0.192. The molecule has 0 N–H and O–H groups in total. The van der Waals surface area contributed by atoms with Crippen molar-refractivity contribution in [3.8, 4) is 11.4 Å². The van der Waals surface area contributed by atoms with Crippen LogP contribution in [0.2, 0.25) is 0 Å². The normalized spacial score (nSPS) is 20.1. The number of aryl methyl sites for hydroxylation is 1. The molecule has 0 amide bonds. The van der Waals surface area contributed by atoms with Crippen molar-refractivity contribution in [2.45, 2.75) is 58.1 Å². The minimum Gasteiger partial charge on any atom is -0.491 e. The van der Waals surface area contributed by atoms with Gasteiger partial charge in [-0.2, -0.15) is 20.1 Å². The van der Waals surface area contributed by atoms with Crippen molar-refractivity contribution in [1.29, 1.82) is 0 Å². The van der Waals surface area contributed by atoms with Crippen molar-refractivity contribution in [1.82, 2.24) is 29.3 Å². The number of nitrogens with zero attached hydrogens (tertiary/aromatic N) is 8. The summed E-state index contributed by atoms with van der Waals surface area (Å²) >= 11 is 0. The van der Waals surface area contributed by atoms with Crippen molar-refractivity contribution in [2.24, 2.45) is 0 Å². The molecule has 0 spiro atoms. The number of hydrogen-bond acceptors (Lipinski definition) is 9. The molecule has 7 rings (SSSR count). The van der Waals surface area contributed by atoms with E-state index in [4.69, 9.17) is 14.2 Å². The van der Waals surface area contributed by atoms with Gasteiger partial charge in [-0.1, -0.05) is 38.1 Å². The molecule has 0 radical (unpaired) electrons. The van der Waals surface area contributed by atoms with Gasteiger partial charge in [0.1, 0.15) is 31.3 Å². The molecule has 12 heteroatoms. The summed E-state index contributed by atoms with van der Waals surface area (Å²) in [6.45, 7) is 10.9. The third-order valence-corrected chi connectivity index (χ3v) is 9.59. The molecule has 3 atom stereocenters. The van der Waals surface area contributed by atoms with E-state index in [0.717, 1.165) is 61.7 Å². The zero-order valence-electron chi connectivity index (χ0n) is 28.4. The van der Waals surface area contributed by atoms with Crippen LogP contribution in [-0.4, -0.2) is 74.8 Å². The maximum Gasteiger partial charge on any atom is 0.350 e. The molecular weight excluding hydrogens is 620 g/mol. The maximum atomic E-state index is 12.8. The molecular formula is C37H44N8O4. The second-order valence-electron chi connectivity index (χ2n) is 12.7. The Hall–Kier alpha value is -4.94. The summed E-state index contributed by atoms with van der Waals surface area (Å²) in [5, 5.41) is 12.9. The largest absolute Gasteiger partial charge is 0.491 e. The lowest BCUT2D eigenvalue weighted by Gasteiger charge is -2.37. The monoisotopic (exact) mass is 664 g/mol. The zero-order chi connectivity index (χ0) is 33.8. The van der Waals surface area contributed by atoms with Gasteiger partial charge >= 0.3 is 5.69 Å². The molecule has 2 saturated heterocycles. The van der Waals surface area contributed by atoms with Gasteiger partial charge in [-0.3, -0.25) is 0 Å². The Bertz CT molecular complexity index is 1850. The van der Waals surface area contributed by atoms with E-state index >= 15 is 0 Å². The molecule has 0 aliphatic carbocycles. The summed E-state index contributed by atoms with van der Waals surface area (Å²) < 4.78 is 22.2. The Morgan fingerprint density at radius 3 is 2.06 bits per heavy atom. The quantitative estimate of drug-likeness (QED) is 0.186. The Balaban J connectivity index is 0.918. The highest BCUT2D eigenvalue weighted by Gasteiger charge is 2.44. The molecule has 2 aromatic heterocycles. The summed E-state index contributed by atoms with van der Waals surface area (Å²) in [6.07, 6.45) is 6.50. The van der Waals surface area contributed by atoms with Gasteiger partial charge in [0.2, 0.25) is 5.79 Å². The van der Waals surface area contributed by atoms with Gasteiger partial charge in [-0.25, -0.2) is 14.0 Å². The van der Waals surface area contributed by atoms with Crippen molar-refractivity contribution < 1.29 is 14.2 Å². The van der Waals surface area contributed by atoms with E-state index in [-0.39, 0.29) is 17.8 Å². The fourth-order valence-electron chi connectivity index (χ4n) is 6.44. The van der Waals surface area contributed by atoms with Crippen molar-refractivity contribution in [3.63, 3.8) is 0 Å². The predicted octanol–water partition coefficient (Wildman–Crippen LogP) is 4.83. The van der Waals surface area contributed by atoms with Gasteiger partial charge in [0.25, 0.3) is 0 Å². The Morgan fingerprint density at radius 1 is 0.837 bits per heavy atom. The van der Waals surface area contributed by atoms with Crippen LogP contribution < -0.4 is 20.2 Å². The molecule has 3 aromatic carbocycles. The third-order valence-electron chi connectivity index (χ3n) is 9.59. The van der Waals surface area contributed by atoms with Crippen LogP contribution in [0.3, 0.4) is 0 Å². The first-order chi connectivity index (χ1) is 23.9. The predicted molar refractivity (Wildman–Crippen MR) is 188 cm³/mol. The zero-order valence-corrected chi connectivity index (χ0v) is 28.4. The Kier molecular flexibility index (Phi) is 9.49. The summed E-state index contributed by atoms with van der Waals surface area (Å²) in [6, 6.07) is 24.9. The molecule has 4 heterocycles. The van der Waals surface area contributed by atoms with Gasteiger partial charge in [0.15, 0.2) is 0 Å². The second-order valence-corrected chi connectivity index (χ2v) is 12.7. The highest BCUT2D eigenvalue weighted by Crippen LogP contribution is 2.36. The number of ether oxygens (including phenoxy) is 3. The summed E-state index contributed by atoms with van der Waals surface area (Å²) in [4.78, 5) is 19.2. The minimum absolute atomic E-state index is 0.0715. The van der Waals surface area contributed by atoms with E-state index < -0.39 is 5.79 Å². The van der Waals surface area contributed by atoms with Crippen LogP contribution in [0.5, 0.6) is 5.75 Å². The summed E-state index contributed by atoms with van der Waals surface area (Å²) in [5.74, 6) is -0.192.